The SMILES string of the molecule is NC(CC1Cc2ccccc21)c1ccc2ccccc2c1. The lowest BCUT2D eigenvalue weighted by Gasteiger charge is -2.32. The quantitative estimate of drug-likeness (QED) is 0.743. The fourth-order valence-corrected chi connectivity index (χ4v) is 3.45. The summed E-state index contributed by atoms with van der Waals surface area (Å²) in [6.45, 7) is 0. The van der Waals surface area contributed by atoms with Gasteiger partial charge in [-0.15, -0.1) is 0 Å². The highest BCUT2D eigenvalue weighted by atomic mass is 14.6. The third-order valence-electron chi connectivity index (χ3n) is 4.70. The molecule has 2 N–H and O–H groups in total. The molecule has 1 aliphatic rings. The van der Waals surface area contributed by atoms with Gasteiger partial charge in [-0.2, -0.15) is 0 Å². The van der Waals surface area contributed by atoms with Crippen LogP contribution in [0, 0.1) is 0 Å². The molecule has 0 aromatic heterocycles. The molecule has 21 heavy (non-hydrogen) atoms. The van der Waals surface area contributed by atoms with Crippen LogP contribution in [0.25, 0.3) is 10.8 Å². The molecule has 0 fully saturated rings. The maximum absolute atomic E-state index is 6.45. The van der Waals surface area contributed by atoms with Crippen molar-refractivity contribution in [2.24, 2.45) is 5.73 Å². The molecule has 1 nitrogen and oxygen atoms in total. The van der Waals surface area contributed by atoms with Gasteiger partial charge in [0.25, 0.3) is 0 Å². The maximum atomic E-state index is 6.45. The highest BCUT2D eigenvalue weighted by molar-refractivity contribution is 5.83. The Labute approximate surface area is 125 Å². The summed E-state index contributed by atoms with van der Waals surface area (Å²) in [6.07, 6.45) is 2.22. The highest BCUT2D eigenvalue weighted by Crippen LogP contribution is 2.40. The lowest BCUT2D eigenvalue weighted by atomic mass is 9.74. The van der Waals surface area contributed by atoms with E-state index in [1.54, 1.807) is 0 Å². The summed E-state index contributed by atoms with van der Waals surface area (Å²) in [6, 6.07) is 23.9. The zero-order chi connectivity index (χ0) is 14.2. The van der Waals surface area contributed by atoms with Crippen LogP contribution in [-0.4, -0.2) is 0 Å². The standard InChI is InChI=1S/C20H19N/c21-20(13-18-12-16-7-3-4-8-19(16)18)17-10-9-14-5-1-2-6-15(14)11-17/h1-11,18,20H,12-13,21H2. The lowest BCUT2D eigenvalue weighted by Crippen LogP contribution is -2.22. The third kappa shape index (κ3) is 2.24. The molecule has 0 bridgehead atoms. The van der Waals surface area contributed by atoms with E-state index in [-0.39, 0.29) is 6.04 Å². The fraction of sp³-hybridized carbons (Fsp3) is 0.200. The first kappa shape index (κ1) is 12.6. The maximum Gasteiger partial charge on any atom is 0.0301 e. The van der Waals surface area contributed by atoms with Gasteiger partial charge in [-0.3, -0.25) is 0 Å². The van der Waals surface area contributed by atoms with Crippen LogP contribution in [0.3, 0.4) is 0 Å². The van der Waals surface area contributed by atoms with E-state index in [1.807, 2.05) is 0 Å². The average molecular weight is 273 g/mol. The highest BCUT2D eigenvalue weighted by Gasteiger charge is 2.27. The minimum absolute atomic E-state index is 0.118. The Morgan fingerprint density at radius 2 is 1.67 bits per heavy atom. The Kier molecular flexibility index (Phi) is 3.01. The lowest BCUT2D eigenvalue weighted by molar-refractivity contribution is 0.498. The predicted molar refractivity (Wildman–Crippen MR) is 88.4 cm³/mol. The molecule has 0 spiro atoms. The summed E-state index contributed by atoms with van der Waals surface area (Å²) in [5.74, 6) is 0.627. The van der Waals surface area contributed by atoms with Gasteiger partial charge >= 0.3 is 0 Å². The molecular weight excluding hydrogens is 254 g/mol. The van der Waals surface area contributed by atoms with Crippen molar-refractivity contribution < 1.29 is 0 Å². The summed E-state index contributed by atoms with van der Waals surface area (Å²) in [5, 5.41) is 2.56. The van der Waals surface area contributed by atoms with E-state index >= 15 is 0 Å². The Balaban J connectivity index is 1.56. The van der Waals surface area contributed by atoms with E-state index in [0.717, 1.165) is 6.42 Å². The Hall–Kier alpha value is -2.12. The molecule has 0 saturated heterocycles. The molecule has 1 aliphatic carbocycles. The monoisotopic (exact) mass is 273 g/mol. The number of fused-ring (bicyclic) bond motifs is 2. The van der Waals surface area contributed by atoms with Crippen molar-refractivity contribution in [3.8, 4) is 0 Å². The Morgan fingerprint density at radius 3 is 2.52 bits per heavy atom. The molecule has 0 amide bonds. The van der Waals surface area contributed by atoms with E-state index in [2.05, 4.69) is 66.7 Å². The molecule has 1 heteroatoms. The van der Waals surface area contributed by atoms with E-state index in [1.165, 1.54) is 33.9 Å². The third-order valence-corrected chi connectivity index (χ3v) is 4.70. The molecule has 3 aromatic carbocycles. The first-order valence-electron chi connectivity index (χ1n) is 7.63. The first-order valence-corrected chi connectivity index (χ1v) is 7.63. The van der Waals surface area contributed by atoms with Gasteiger partial charge in [0.05, 0.1) is 0 Å². The van der Waals surface area contributed by atoms with Crippen LogP contribution in [0.5, 0.6) is 0 Å². The minimum Gasteiger partial charge on any atom is -0.324 e. The normalized spacial score (nSPS) is 18.0. The van der Waals surface area contributed by atoms with Crippen molar-refractivity contribution in [1.29, 1.82) is 0 Å². The van der Waals surface area contributed by atoms with Gasteiger partial charge in [0.2, 0.25) is 0 Å². The van der Waals surface area contributed by atoms with Crippen LogP contribution >= 0.6 is 0 Å². The largest absolute Gasteiger partial charge is 0.324 e. The summed E-state index contributed by atoms with van der Waals surface area (Å²) in [4.78, 5) is 0. The molecule has 0 saturated carbocycles. The molecule has 0 heterocycles. The predicted octanol–water partition coefficient (Wildman–Crippen LogP) is 4.57. The van der Waals surface area contributed by atoms with Gasteiger partial charge in [-0.05, 0) is 52.3 Å². The zero-order valence-electron chi connectivity index (χ0n) is 12.0. The molecule has 0 radical (unpaired) electrons. The van der Waals surface area contributed by atoms with Gasteiger partial charge < -0.3 is 5.73 Å². The number of nitrogens with two attached hydrogens (primary N) is 1. The van der Waals surface area contributed by atoms with E-state index in [0.29, 0.717) is 5.92 Å². The van der Waals surface area contributed by atoms with Crippen LogP contribution in [0.15, 0.2) is 66.7 Å². The summed E-state index contributed by atoms with van der Waals surface area (Å²) in [5.41, 5.74) is 10.7. The van der Waals surface area contributed by atoms with Crippen molar-refractivity contribution in [3.63, 3.8) is 0 Å². The minimum atomic E-state index is 0.118. The summed E-state index contributed by atoms with van der Waals surface area (Å²) in [7, 11) is 0. The van der Waals surface area contributed by atoms with Crippen LogP contribution in [0.2, 0.25) is 0 Å². The van der Waals surface area contributed by atoms with Gasteiger partial charge in [-0.25, -0.2) is 0 Å². The van der Waals surface area contributed by atoms with Gasteiger partial charge in [0.1, 0.15) is 0 Å². The van der Waals surface area contributed by atoms with Crippen LogP contribution in [-0.2, 0) is 6.42 Å². The zero-order valence-corrected chi connectivity index (χ0v) is 12.0. The van der Waals surface area contributed by atoms with Crippen molar-refractivity contribution in [1.82, 2.24) is 0 Å². The Bertz CT molecular complexity index is 790. The van der Waals surface area contributed by atoms with Crippen molar-refractivity contribution in [2.45, 2.75) is 24.8 Å². The van der Waals surface area contributed by atoms with Crippen molar-refractivity contribution >= 4 is 10.8 Å². The van der Waals surface area contributed by atoms with Crippen LogP contribution in [0.4, 0.5) is 0 Å². The second kappa shape index (κ2) is 5.01. The molecular formula is C20H19N. The first-order chi connectivity index (χ1) is 10.3. The topological polar surface area (TPSA) is 26.0 Å². The van der Waals surface area contributed by atoms with Gasteiger partial charge in [0.15, 0.2) is 0 Å². The number of benzene rings is 3. The summed E-state index contributed by atoms with van der Waals surface area (Å²) < 4.78 is 0. The van der Waals surface area contributed by atoms with Crippen molar-refractivity contribution in [2.75, 3.05) is 0 Å². The molecule has 2 unspecified atom stereocenters. The molecule has 3 aromatic rings. The van der Waals surface area contributed by atoms with E-state index < -0.39 is 0 Å². The van der Waals surface area contributed by atoms with Crippen LogP contribution < -0.4 is 5.73 Å². The fourth-order valence-electron chi connectivity index (χ4n) is 3.45. The molecule has 2 atom stereocenters. The summed E-state index contributed by atoms with van der Waals surface area (Å²) >= 11 is 0. The van der Waals surface area contributed by atoms with Gasteiger partial charge in [0, 0.05) is 6.04 Å². The molecule has 4 rings (SSSR count). The number of hydrogen-bond acceptors (Lipinski definition) is 1. The average Bonchev–Trinajstić information content (AvgIpc) is 2.52. The van der Waals surface area contributed by atoms with E-state index in [9.17, 15) is 0 Å². The molecule has 0 aliphatic heterocycles. The van der Waals surface area contributed by atoms with E-state index in [4.69, 9.17) is 5.73 Å². The van der Waals surface area contributed by atoms with Gasteiger partial charge in [-0.1, -0.05) is 60.7 Å². The van der Waals surface area contributed by atoms with Crippen LogP contribution in [0.1, 0.15) is 35.1 Å². The van der Waals surface area contributed by atoms with Crippen molar-refractivity contribution in [3.05, 3.63) is 83.4 Å². The number of hydrogen-bond donors (Lipinski definition) is 1. The Morgan fingerprint density at radius 1 is 0.905 bits per heavy atom. The smallest absolute Gasteiger partial charge is 0.0301 e. The second-order valence-electron chi connectivity index (χ2n) is 6.05. The molecule has 104 valence electrons. The second-order valence-corrected chi connectivity index (χ2v) is 6.05. The number of rotatable bonds is 3.